The average Bonchev–Trinajstić information content (AvgIpc) is 3.08. The minimum atomic E-state index is -0.139. The molecular formula is C18H17ClN8O. The Kier molecular flexibility index (Phi) is 2.96. The van der Waals surface area contributed by atoms with Crippen LogP contribution in [0.3, 0.4) is 0 Å². The highest BCUT2D eigenvalue weighted by molar-refractivity contribution is 6.34. The van der Waals surface area contributed by atoms with Crippen LogP contribution in [-0.4, -0.2) is 36.1 Å². The summed E-state index contributed by atoms with van der Waals surface area (Å²) in [5.41, 5.74) is 2.25. The van der Waals surface area contributed by atoms with E-state index in [0.29, 0.717) is 35.8 Å². The molecule has 4 aliphatic rings. The normalized spacial score (nSPS) is 27.6. The molecule has 0 amide bonds. The van der Waals surface area contributed by atoms with Crippen LogP contribution in [0.1, 0.15) is 31.4 Å². The zero-order valence-corrected chi connectivity index (χ0v) is 16.0. The van der Waals surface area contributed by atoms with Gasteiger partial charge in [0.25, 0.3) is 5.88 Å². The van der Waals surface area contributed by atoms with Gasteiger partial charge in [0.05, 0.1) is 34.7 Å². The lowest BCUT2D eigenvalue weighted by Gasteiger charge is -2.66. The summed E-state index contributed by atoms with van der Waals surface area (Å²) < 4.78 is 9.83. The second kappa shape index (κ2) is 5.14. The Morgan fingerprint density at radius 3 is 2.93 bits per heavy atom. The summed E-state index contributed by atoms with van der Waals surface area (Å²) >= 11 is 6.21. The topological polar surface area (TPSA) is 106 Å². The third-order valence-electron chi connectivity index (χ3n) is 6.21. The molecule has 3 fully saturated rings. The fraction of sp³-hybridized carbons (Fsp3) is 0.500. The molecule has 0 unspecified atom stereocenters. The SMILES string of the molecule is Cc1c2c(nn1C13CC(C#N)(C1)C3)OCCCn1nc(Cl)c3cnc(nc31)N2. The van der Waals surface area contributed by atoms with Gasteiger partial charge in [0.2, 0.25) is 5.95 Å². The Balaban J connectivity index is 1.43. The molecule has 0 aromatic carbocycles. The molecule has 3 saturated carbocycles. The van der Waals surface area contributed by atoms with Gasteiger partial charge in [0.15, 0.2) is 10.8 Å². The minimum absolute atomic E-state index is 0.0497. The predicted molar refractivity (Wildman–Crippen MR) is 101 cm³/mol. The highest BCUT2D eigenvalue weighted by atomic mass is 35.5. The summed E-state index contributed by atoms with van der Waals surface area (Å²) in [6.07, 6.45) is 5.01. The van der Waals surface area contributed by atoms with E-state index in [0.717, 1.165) is 42.5 Å². The van der Waals surface area contributed by atoms with Crippen LogP contribution in [-0.2, 0) is 12.1 Å². The maximum Gasteiger partial charge on any atom is 0.257 e. The Labute approximate surface area is 165 Å². The second-order valence-corrected chi connectivity index (χ2v) is 8.45. The number of nitriles is 1. The molecule has 3 aliphatic carbocycles. The van der Waals surface area contributed by atoms with Crippen molar-refractivity contribution in [1.29, 1.82) is 5.26 Å². The average molecular weight is 397 g/mol. The molecule has 1 N–H and O–H groups in total. The molecule has 0 saturated heterocycles. The first-order valence-electron chi connectivity index (χ1n) is 9.33. The smallest absolute Gasteiger partial charge is 0.257 e. The van der Waals surface area contributed by atoms with Crippen molar-refractivity contribution in [3.63, 3.8) is 0 Å². The fourth-order valence-corrected chi connectivity index (χ4v) is 5.12. The molecule has 28 heavy (non-hydrogen) atoms. The number of hydrogen-bond acceptors (Lipinski definition) is 7. The van der Waals surface area contributed by atoms with Gasteiger partial charge in [-0.3, -0.25) is 4.68 Å². The monoisotopic (exact) mass is 396 g/mol. The van der Waals surface area contributed by atoms with Crippen molar-refractivity contribution in [1.82, 2.24) is 29.5 Å². The van der Waals surface area contributed by atoms with E-state index in [1.807, 2.05) is 11.6 Å². The first-order valence-corrected chi connectivity index (χ1v) is 9.71. The molecule has 3 aromatic heterocycles. The van der Waals surface area contributed by atoms with E-state index >= 15 is 0 Å². The largest absolute Gasteiger partial charge is 0.475 e. The number of nitrogens with zero attached hydrogens (tertiary/aromatic N) is 7. The molecule has 4 bridgehead atoms. The van der Waals surface area contributed by atoms with Gasteiger partial charge in [-0.1, -0.05) is 11.6 Å². The predicted octanol–water partition coefficient (Wildman–Crippen LogP) is 2.91. The van der Waals surface area contributed by atoms with Crippen LogP contribution < -0.4 is 10.1 Å². The fourth-order valence-electron chi connectivity index (χ4n) is 4.89. The molecule has 3 aromatic rings. The molecule has 9 nitrogen and oxygen atoms in total. The van der Waals surface area contributed by atoms with Crippen LogP contribution >= 0.6 is 11.6 Å². The van der Waals surface area contributed by atoms with Crippen LogP contribution in [0.25, 0.3) is 11.0 Å². The third kappa shape index (κ3) is 1.96. The lowest BCUT2D eigenvalue weighted by Crippen LogP contribution is -2.67. The molecule has 10 heteroatoms. The summed E-state index contributed by atoms with van der Waals surface area (Å²) in [7, 11) is 0. The van der Waals surface area contributed by atoms with E-state index in [1.54, 1.807) is 10.9 Å². The lowest BCUT2D eigenvalue weighted by molar-refractivity contribution is -0.154. The van der Waals surface area contributed by atoms with Gasteiger partial charge >= 0.3 is 0 Å². The second-order valence-electron chi connectivity index (χ2n) is 8.10. The van der Waals surface area contributed by atoms with E-state index in [4.69, 9.17) is 21.4 Å². The highest BCUT2D eigenvalue weighted by Gasteiger charge is 2.70. The van der Waals surface area contributed by atoms with Crippen molar-refractivity contribution in [2.75, 3.05) is 11.9 Å². The number of anilines is 2. The number of ether oxygens (including phenoxy) is 1. The first kappa shape index (κ1) is 16.1. The molecule has 1 aliphatic heterocycles. The summed E-state index contributed by atoms with van der Waals surface area (Å²) in [6.45, 7) is 3.16. The number of fused-ring (bicyclic) bond motifs is 2. The van der Waals surface area contributed by atoms with E-state index < -0.39 is 0 Å². The summed E-state index contributed by atoms with van der Waals surface area (Å²) in [6, 6.07) is 2.45. The molecular weight excluding hydrogens is 380 g/mol. The molecule has 0 radical (unpaired) electrons. The van der Waals surface area contributed by atoms with Crippen molar-refractivity contribution in [2.24, 2.45) is 5.41 Å². The molecule has 7 rings (SSSR count). The maximum absolute atomic E-state index is 9.33. The summed E-state index contributed by atoms with van der Waals surface area (Å²) in [4.78, 5) is 9.01. The van der Waals surface area contributed by atoms with Gasteiger partial charge in [-0.2, -0.15) is 15.3 Å². The van der Waals surface area contributed by atoms with Gasteiger partial charge in [0.1, 0.15) is 5.69 Å². The summed E-state index contributed by atoms with van der Waals surface area (Å²) in [5.74, 6) is 1.00. The Hall–Kier alpha value is -2.86. The molecule has 142 valence electrons. The van der Waals surface area contributed by atoms with Crippen molar-refractivity contribution >= 4 is 34.3 Å². The Morgan fingerprint density at radius 1 is 1.32 bits per heavy atom. The number of rotatable bonds is 1. The number of aromatic nitrogens is 6. The zero-order valence-electron chi connectivity index (χ0n) is 15.2. The standard InChI is InChI=1S/C18H17ClN8O/c1-10-12-15(25-27(10)18-6-17(7-18,8-18)9-20)28-4-2-3-26-14-11(13(19)24-26)5-21-16(22-12)23-14/h5H,2-4,6-8H2,1H3,(H,21,22,23). The highest BCUT2D eigenvalue weighted by Crippen LogP contribution is 2.71. The van der Waals surface area contributed by atoms with Crippen LogP contribution in [0, 0.1) is 23.7 Å². The number of halogens is 1. The molecule has 4 heterocycles. The van der Waals surface area contributed by atoms with E-state index in [-0.39, 0.29) is 11.0 Å². The van der Waals surface area contributed by atoms with Crippen molar-refractivity contribution < 1.29 is 4.74 Å². The Morgan fingerprint density at radius 2 is 2.14 bits per heavy atom. The van der Waals surface area contributed by atoms with Crippen molar-refractivity contribution in [2.45, 2.75) is 44.7 Å². The molecule has 0 atom stereocenters. The van der Waals surface area contributed by atoms with Crippen LogP contribution in [0.2, 0.25) is 5.15 Å². The van der Waals surface area contributed by atoms with E-state index in [1.165, 1.54) is 0 Å². The van der Waals surface area contributed by atoms with Crippen LogP contribution in [0.4, 0.5) is 11.6 Å². The van der Waals surface area contributed by atoms with Gasteiger partial charge in [0, 0.05) is 19.2 Å². The number of nitrogens with one attached hydrogen (secondary N) is 1. The van der Waals surface area contributed by atoms with Crippen molar-refractivity contribution in [3.8, 4) is 11.9 Å². The number of aryl methyl sites for hydroxylation is 1. The first-order chi connectivity index (χ1) is 13.5. The zero-order chi connectivity index (χ0) is 19.1. The van der Waals surface area contributed by atoms with Gasteiger partial charge in [-0.05, 0) is 26.2 Å². The maximum atomic E-state index is 9.33. The van der Waals surface area contributed by atoms with Gasteiger partial charge < -0.3 is 10.1 Å². The van der Waals surface area contributed by atoms with Crippen LogP contribution in [0.5, 0.6) is 5.88 Å². The Bertz CT molecular complexity index is 1170. The number of hydrogen-bond donors (Lipinski definition) is 1. The lowest BCUT2D eigenvalue weighted by atomic mass is 9.40. The molecule has 0 spiro atoms. The van der Waals surface area contributed by atoms with Gasteiger partial charge in [-0.25, -0.2) is 9.67 Å². The van der Waals surface area contributed by atoms with Crippen LogP contribution in [0.15, 0.2) is 6.20 Å². The summed E-state index contributed by atoms with van der Waals surface area (Å²) in [5, 5.41) is 22.9. The third-order valence-corrected chi connectivity index (χ3v) is 6.49. The van der Waals surface area contributed by atoms with E-state index in [9.17, 15) is 5.26 Å². The minimum Gasteiger partial charge on any atom is -0.475 e. The van der Waals surface area contributed by atoms with E-state index in [2.05, 4.69) is 26.5 Å². The van der Waals surface area contributed by atoms with Crippen molar-refractivity contribution in [3.05, 3.63) is 17.0 Å². The quantitative estimate of drug-likeness (QED) is 0.673. The van der Waals surface area contributed by atoms with Gasteiger partial charge in [-0.15, -0.1) is 5.10 Å².